The highest BCUT2D eigenvalue weighted by molar-refractivity contribution is 5.85. The van der Waals surface area contributed by atoms with E-state index < -0.39 is 12.8 Å². The molecule has 0 unspecified atom stereocenters. The Kier molecular flexibility index (Phi) is 8.82. The maximum atomic E-state index is 12.6. The van der Waals surface area contributed by atoms with E-state index in [0.29, 0.717) is 6.54 Å². The summed E-state index contributed by atoms with van der Waals surface area (Å²) in [5, 5.41) is 7.11. The Morgan fingerprint density at radius 2 is 1.87 bits per heavy atom. The predicted molar refractivity (Wildman–Crippen MR) is 117 cm³/mol. The molecule has 0 spiro atoms. The molecule has 3 rings (SSSR count). The van der Waals surface area contributed by atoms with Gasteiger partial charge >= 0.3 is 6.18 Å². The molecule has 0 aliphatic carbocycles. The van der Waals surface area contributed by atoms with Gasteiger partial charge in [0.25, 0.3) is 0 Å². The fourth-order valence-electron chi connectivity index (χ4n) is 3.64. The van der Waals surface area contributed by atoms with E-state index in [0.717, 1.165) is 30.6 Å². The zero-order chi connectivity index (χ0) is 20.9. The number of nitrogens with zero attached hydrogens (tertiary/aromatic N) is 1. The summed E-state index contributed by atoms with van der Waals surface area (Å²) in [5.74, 6) is 0.264. The van der Waals surface area contributed by atoms with Gasteiger partial charge in [-0.3, -0.25) is 0 Å². The first kappa shape index (κ1) is 24.3. The molecule has 30 heavy (non-hydrogen) atoms. The van der Waals surface area contributed by atoms with Crippen LogP contribution in [0.5, 0.6) is 5.75 Å². The van der Waals surface area contributed by atoms with Crippen molar-refractivity contribution in [3.05, 3.63) is 59.7 Å². The second kappa shape index (κ2) is 10.9. The van der Waals surface area contributed by atoms with Crippen LogP contribution in [0.25, 0.3) is 0 Å². The van der Waals surface area contributed by atoms with Crippen molar-refractivity contribution in [1.82, 2.24) is 10.6 Å². The van der Waals surface area contributed by atoms with Crippen molar-refractivity contribution < 1.29 is 17.9 Å². The molecule has 1 fully saturated rings. The lowest BCUT2D eigenvalue weighted by Gasteiger charge is -2.34. The first-order valence-corrected chi connectivity index (χ1v) is 9.85. The van der Waals surface area contributed by atoms with Crippen LogP contribution in [0, 0.1) is 0 Å². The Morgan fingerprint density at radius 1 is 1.13 bits per heavy atom. The topological polar surface area (TPSA) is 36.5 Å². The smallest absolute Gasteiger partial charge is 0.422 e. The van der Waals surface area contributed by atoms with Crippen LogP contribution in [0.1, 0.15) is 30.0 Å². The molecule has 2 aromatic carbocycles. The van der Waals surface area contributed by atoms with Gasteiger partial charge in [0, 0.05) is 44.0 Å². The van der Waals surface area contributed by atoms with E-state index in [1.807, 2.05) is 43.3 Å². The molecule has 166 valence electrons. The van der Waals surface area contributed by atoms with Gasteiger partial charge in [-0.05, 0) is 43.1 Å². The molecule has 0 bridgehead atoms. The first-order chi connectivity index (χ1) is 13.8. The molecule has 1 aliphatic rings. The van der Waals surface area contributed by atoms with Gasteiger partial charge in [-0.15, -0.1) is 12.4 Å². The minimum atomic E-state index is -4.36. The van der Waals surface area contributed by atoms with Crippen LogP contribution in [-0.4, -0.2) is 39.5 Å². The molecule has 2 aromatic rings. The lowest BCUT2D eigenvalue weighted by Crippen LogP contribution is -2.45. The van der Waals surface area contributed by atoms with Crippen molar-refractivity contribution >= 4 is 18.1 Å². The lowest BCUT2D eigenvalue weighted by atomic mass is 9.92. The average Bonchev–Trinajstić information content (AvgIpc) is 2.71. The monoisotopic (exact) mass is 443 g/mol. The molecule has 4 nitrogen and oxygen atoms in total. The lowest BCUT2D eigenvalue weighted by molar-refractivity contribution is -0.153. The number of anilines is 1. The molecule has 0 saturated carbocycles. The minimum absolute atomic E-state index is 0. The molecule has 2 atom stereocenters. The van der Waals surface area contributed by atoms with E-state index in [-0.39, 0.29) is 30.2 Å². The summed E-state index contributed by atoms with van der Waals surface area (Å²) >= 11 is 0. The third-order valence-corrected chi connectivity index (χ3v) is 5.12. The first-order valence-electron chi connectivity index (χ1n) is 9.85. The quantitative estimate of drug-likeness (QED) is 0.650. The summed E-state index contributed by atoms with van der Waals surface area (Å²) in [6.45, 7) is 0.0945. The predicted octanol–water partition coefficient (Wildman–Crippen LogP) is 4.70. The largest absolute Gasteiger partial charge is 0.484 e. The molecule has 0 amide bonds. The maximum Gasteiger partial charge on any atom is 0.422 e. The molecule has 0 radical (unpaired) electrons. The summed E-state index contributed by atoms with van der Waals surface area (Å²) in [7, 11) is 3.80. The zero-order valence-electron chi connectivity index (χ0n) is 17.2. The molecule has 1 aliphatic heterocycles. The Morgan fingerprint density at radius 3 is 2.53 bits per heavy atom. The van der Waals surface area contributed by atoms with E-state index in [9.17, 15) is 13.2 Å². The standard InChI is InChI=1S/C22H28F3N3O.ClH/c1-28(2)18-10-11-20(29-15-22(23,24)25)17(13-18)14-27-19-9-6-12-26-21(19)16-7-4-3-5-8-16;/h3-5,7-8,10-11,13,19,21,26-27H,6,9,12,14-15H2,1-2H3;1H/t19-,21-;/m0./s1. The van der Waals surface area contributed by atoms with Gasteiger partial charge in [-0.2, -0.15) is 13.2 Å². The van der Waals surface area contributed by atoms with Gasteiger partial charge in [0.05, 0.1) is 0 Å². The molecule has 0 aromatic heterocycles. The number of hydrogen-bond donors (Lipinski definition) is 2. The molecule has 2 N–H and O–H groups in total. The summed E-state index contributed by atoms with van der Waals surface area (Å²) in [6, 6.07) is 15.9. The molecular weight excluding hydrogens is 415 g/mol. The third kappa shape index (κ3) is 6.79. The van der Waals surface area contributed by atoms with Crippen LogP contribution in [-0.2, 0) is 6.54 Å². The van der Waals surface area contributed by atoms with Crippen LogP contribution in [0.4, 0.5) is 18.9 Å². The van der Waals surface area contributed by atoms with E-state index in [4.69, 9.17) is 4.74 Å². The van der Waals surface area contributed by atoms with Crippen LogP contribution < -0.4 is 20.3 Å². The van der Waals surface area contributed by atoms with Crippen molar-refractivity contribution in [2.75, 3.05) is 32.1 Å². The normalized spacial score (nSPS) is 19.1. The van der Waals surface area contributed by atoms with E-state index >= 15 is 0 Å². The SMILES string of the molecule is CN(C)c1ccc(OCC(F)(F)F)c(CN[C@H]2CCCN[C@H]2c2ccccc2)c1.Cl. The van der Waals surface area contributed by atoms with Gasteiger partial charge in [0.1, 0.15) is 5.75 Å². The second-order valence-electron chi connectivity index (χ2n) is 7.56. The number of halogens is 4. The van der Waals surface area contributed by atoms with Crippen LogP contribution >= 0.6 is 12.4 Å². The zero-order valence-corrected chi connectivity index (χ0v) is 18.0. The Labute approximate surface area is 182 Å². The van der Waals surface area contributed by atoms with Crippen molar-refractivity contribution in [2.45, 2.75) is 37.6 Å². The van der Waals surface area contributed by atoms with E-state index in [2.05, 4.69) is 22.8 Å². The Bertz CT molecular complexity index is 787. The van der Waals surface area contributed by atoms with Crippen molar-refractivity contribution in [2.24, 2.45) is 0 Å². The number of ether oxygens (including phenoxy) is 1. The van der Waals surface area contributed by atoms with Crippen LogP contribution in [0.15, 0.2) is 48.5 Å². The number of nitrogens with one attached hydrogen (secondary N) is 2. The van der Waals surface area contributed by atoms with Crippen molar-refractivity contribution in [1.29, 1.82) is 0 Å². The number of hydrogen-bond acceptors (Lipinski definition) is 4. The van der Waals surface area contributed by atoms with Gasteiger partial charge in [-0.25, -0.2) is 0 Å². The molecular formula is C22H29ClF3N3O. The third-order valence-electron chi connectivity index (χ3n) is 5.12. The number of benzene rings is 2. The van der Waals surface area contributed by atoms with Crippen molar-refractivity contribution in [3.8, 4) is 5.75 Å². The minimum Gasteiger partial charge on any atom is -0.484 e. The van der Waals surface area contributed by atoms with Crippen molar-refractivity contribution in [3.63, 3.8) is 0 Å². The summed E-state index contributed by atoms with van der Waals surface area (Å²) < 4.78 is 43.0. The number of piperidine rings is 1. The van der Waals surface area contributed by atoms with E-state index in [1.165, 1.54) is 5.56 Å². The molecule has 1 heterocycles. The second-order valence-corrected chi connectivity index (χ2v) is 7.56. The van der Waals surface area contributed by atoms with E-state index in [1.54, 1.807) is 12.1 Å². The van der Waals surface area contributed by atoms with Gasteiger partial charge in [0.15, 0.2) is 6.61 Å². The number of alkyl halides is 3. The van der Waals surface area contributed by atoms with Gasteiger partial charge in [-0.1, -0.05) is 30.3 Å². The average molecular weight is 444 g/mol. The van der Waals surface area contributed by atoms with Gasteiger partial charge < -0.3 is 20.3 Å². The summed E-state index contributed by atoms with van der Waals surface area (Å²) in [5.41, 5.74) is 2.85. The highest BCUT2D eigenvalue weighted by Crippen LogP contribution is 2.28. The van der Waals surface area contributed by atoms with Crippen LogP contribution in [0.3, 0.4) is 0 Å². The van der Waals surface area contributed by atoms with Gasteiger partial charge in [0.2, 0.25) is 0 Å². The Balaban J connectivity index is 0.00000320. The number of rotatable bonds is 7. The molecule has 1 saturated heterocycles. The summed E-state index contributed by atoms with van der Waals surface area (Å²) in [4.78, 5) is 1.92. The Hall–Kier alpha value is -1.96. The maximum absolute atomic E-state index is 12.6. The van der Waals surface area contributed by atoms with Crippen LogP contribution in [0.2, 0.25) is 0 Å². The highest BCUT2D eigenvalue weighted by Gasteiger charge is 2.29. The summed E-state index contributed by atoms with van der Waals surface area (Å²) in [6.07, 6.45) is -2.31. The fraction of sp³-hybridized carbons (Fsp3) is 0.455. The highest BCUT2D eigenvalue weighted by atomic mass is 35.5. The fourth-order valence-corrected chi connectivity index (χ4v) is 3.64. The molecule has 8 heteroatoms.